The topological polar surface area (TPSA) is 101 Å². The number of amides is 1. The molecule has 24 heavy (non-hydrogen) atoms. The monoisotopic (exact) mass is 375 g/mol. The standard InChI is InChI=1S/C16H25N3O3S.ClH/c1-2-10-23(21,22)19-14-8-6-13(7-9-14)18-16(20)15-5-3-4-12(15)11-17;/h6-9,12,15,19H,2-5,10-11,17H2,1H3,(H,18,20);1H/t12-,15-;/m1./s1. The average molecular weight is 376 g/mol. The lowest BCUT2D eigenvalue weighted by atomic mass is 9.95. The fourth-order valence-corrected chi connectivity index (χ4v) is 4.15. The minimum atomic E-state index is -3.30. The van der Waals surface area contributed by atoms with Crippen LogP contribution in [0.1, 0.15) is 32.6 Å². The van der Waals surface area contributed by atoms with E-state index in [0.717, 1.165) is 19.3 Å². The molecule has 2 atom stereocenters. The van der Waals surface area contributed by atoms with Gasteiger partial charge < -0.3 is 11.1 Å². The fourth-order valence-electron chi connectivity index (χ4n) is 3.02. The zero-order chi connectivity index (χ0) is 16.9. The molecule has 1 amide bonds. The summed E-state index contributed by atoms with van der Waals surface area (Å²) >= 11 is 0. The van der Waals surface area contributed by atoms with Crippen LogP contribution in [0.2, 0.25) is 0 Å². The molecule has 6 nitrogen and oxygen atoms in total. The maximum atomic E-state index is 12.3. The van der Waals surface area contributed by atoms with Crippen LogP contribution in [-0.2, 0) is 14.8 Å². The number of anilines is 2. The first-order chi connectivity index (χ1) is 10.9. The Morgan fingerprint density at radius 1 is 1.21 bits per heavy atom. The Morgan fingerprint density at radius 3 is 2.42 bits per heavy atom. The van der Waals surface area contributed by atoms with Crippen molar-refractivity contribution in [1.29, 1.82) is 0 Å². The van der Waals surface area contributed by atoms with E-state index >= 15 is 0 Å². The molecular formula is C16H26ClN3O3S. The molecule has 0 aromatic heterocycles. The van der Waals surface area contributed by atoms with Gasteiger partial charge in [-0.25, -0.2) is 8.42 Å². The summed E-state index contributed by atoms with van der Waals surface area (Å²) in [6.07, 6.45) is 3.49. The van der Waals surface area contributed by atoms with Gasteiger partial charge in [0.1, 0.15) is 0 Å². The first kappa shape index (κ1) is 20.7. The van der Waals surface area contributed by atoms with Gasteiger partial charge in [-0.05, 0) is 56.0 Å². The summed E-state index contributed by atoms with van der Waals surface area (Å²) in [6.45, 7) is 2.35. The molecule has 8 heteroatoms. The van der Waals surface area contributed by atoms with Gasteiger partial charge in [-0.1, -0.05) is 13.3 Å². The van der Waals surface area contributed by atoms with Crippen molar-refractivity contribution >= 4 is 39.7 Å². The van der Waals surface area contributed by atoms with Crippen LogP contribution in [0.5, 0.6) is 0 Å². The summed E-state index contributed by atoms with van der Waals surface area (Å²) in [4.78, 5) is 12.3. The number of carbonyl (C=O) groups is 1. The molecule has 1 saturated carbocycles. The Balaban J connectivity index is 0.00000288. The van der Waals surface area contributed by atoms with Crippen molar-refractivity contribution in [1.82, 2.24) is 0 Å². The Bertz CT molecular complexity index is 634. The number of hydrogen-bond donors (Lipinski definition) is 3. The molecular weight excluding hydrogens is 350 g/mol. The highest BCUT2D eigenvalue weighted by molar-refractivity contribution is 7.92. The van der Waals surface area contributed by atoms with Gasteiger partial charge in [0.05, 0.1) is 5.75 Å². The summed E-state index contributed by atoms with van der Waals surface area (Å²) in [6, 6.07) is 6.71. The number of nitrogens with two attached hydrogens (primary N) is 1. The molecule has 0 spiro atoms. The molecule has 1 aromatic carbocycles. The van der Waals surface area contributed by atoms with Crippen molar-refractivity contribution in [2.75, 3.05) is 22.3 Å². The predicted molar refractivity (Wildman–Crippen MR) is 99.9 cm³/mol. The van der Waals surface area contributed by atoms with E-state index < -0.39 is 10.0 Å². The largest absolute Gasteiger partial charge is 0.330 e. The molecule has 0 radical (unpaired) electrons. The Hall–Kier alpha value is -1.31. The van der Waals surface area contributed by atoms with E-state index in [4.69, 9.17) is 5.73 Å². The second-order valence-electron chi connectivity index (χ2n) is 6.02. The predicted octanol–water partition coefficient (Wildman–Crippen LogP) is 2.57. The minimum absolute atomic E-state index is 0. The molecule has 0 bridgehead atoms. The third-order valence-electron chi connectivity index (χ3n) is 4.20. The molecule has 1 aliphatic rings. The van der Waals surface area contributed by atoms with Gasteiger partial charge >= 0.3 is 0 Å². The molecule has 1 aromatic rings. The molecule has 2 rings (SSSR count). The van der Waals surface area contributed by atoms with Gasteiger partial charge in [-0.2, -0.15) is 0 Å². The molecule has 0 heterocycles. The number of hydrogen-bond acceptors (Lipinski definition) is 4. The maximum absolute atomic E-state index is 12.3. The van der Waals surface area contributed by atoms with Crippen LogP contribution in [0.3, 0.4) is 0 Å². The highest BCUT2D eigenvalue weighted by Gasteiger charge is 2.31. The average Bonchev–Trinajstić information content (AvgIpc) is 2.97. The number of sulfonamides is 1. The lowest BCUT2D eigenvalue weighted by Crippen LogP contribution is -2.29. The molecule has 0 unspecified atom stereocenters. The van der Waals surface area contributed by atoms with Crippen LogP contribution in [-0.4, -0.2) is 26.6 Å². The summed E-state index contributed by atoms with van der Waals surface area (Å²) in [7, 11) is -3.30. The van der Waals surface area contributed by atoms with E-state index in [0.29, 0.717) is 24.3 Å². The summed E-state index contributed by atoms with van der Waals surface area (Å²) in [5, 5.41) is 2.89. The molecule has 0 saturated heterocycles. The normalized spacial score (nSPS) is 20.2. The minimum Gasteiger partial charge on any atom is -0.330 e. The van der Waals surface area contributed by atoms with Crippen LogP contribution < -0.4 is 15.8 Å². The van der Waals surface area contributed by atoms with E-state index in [1.165, 1.54) is 0 Å². The van der Waals surface area contributed by atoms with E-state index in [2.05, 4.69) is 10.0 Å². The zero-order valence-electron chi connectivity index (χ0n) is 13.8. The van der Waals surface area contributed by atoms with Crippen molar-refractivity contribution in [3.05, 3.63) is 24.3 Å². The number of rotatable bonds is 7. The summed E-state index contributed by atoms with van der Waals surface area (Å²) in [5.74, 6) is 0.323. The third-order valence-corrected chi connectivity index (χ3v) is 5.69. The Labute approximate surface area is 150 Å². The SMILES string of the molecule is CCCS(=O)(=O)Nc1ccc(NC(=O)[C@@H]2CCC[C@@H]2CN)cc1.Cl. The van der Waals surface area contributed by atoms with E-state index in [1.54, 1.807) is 24.3 Å². The smallest absolute Gasteiger partial charge is 0.232 e. The Kier molecular flexibility index (Phi) is 7.99. The van der Waals surface area contributed by atoms with Crippen molar-refractivity contribution in [3.8, 4) is 0 Å². The van der Waals surface area contributed by atoms with Crippen LogP contribution >= 0.6 is 12.4 Å². The quantitative estimate of drug-likeness (QED) is 0.681. The van der Waals surface area contributed by atoms with Gasteiger partial charge in [0.25, 0.3) is 0 Å². The first-order valence-corrected chi connectivity index (χ1v) is 9.72. The number of halogens is 1. The molecule has 136 valence electrons. The Morgan fingerprint density at radius 2 is 1.83 bits per heavy atom. The molecule has 4 N–H and O–H groups in total. The first-order valence-electron chi connectivity index (χ1n) is 8.06. The number of nitrogens with one attached hydrogen (secondary N) is 2. The second-order valence-corrected chi connectivity index (χ2v) is 7.86. The van der Waals surface area contributed by atoms with Crippen molar-refractivity contribution in [3.63, 3.8) is 0 Å². The van der Waals surface area contributed by atoms with Crippen molar-refractivity contribution in [2.24, 2.45) is 17.6 Å². The summed E-state index contributed by atoms with van der Waals surface area (Å²) in [5.41, 5.74) is 6.87. The third kappa shape index (κ3) is 5.65. The van der Waals surface area contributed by atoms with E-state index in [9.17, 15) is 13.2 Å². The lowest BCUT2D eigenvalue weighted by Gasteiger charge is -2.17. The van der Waals surface area contributed by atoms with Crippen LogP contribution in [0.4, 0.5) is 11.4 Å². The second kappa shape index (κ2) is 9.25. The summed E-state index contributed by atoms with van der Waals surface area (Å²) < 4.78 is 25.9. The molecule has 0 aliphatic heterocycles. The number of benzene rings is 1. The van der Waals surface area contributed by atoms with Gasteiger partial charge in [0, 0.05) is 17.3 Å². The van der Waals surface area contributed by atoms with Gasteiger partial charge in [0.15, 0.2) is 0 Å². The highest BCUT2D eigenvalue weighted by atomic mass is 35.5. The van der Waals surface area contributed by atoms with Crippen molar-refractivity contribution in [2.45, 2.75) is 32.6 Å². The maximum Gasteiger partial charge on any atom is 0.232 e. The van der Waals surface area contributed by atoms with Crippen LogP contribution in [0.25, 0.3) is 0 Å². The number of carbonyl (C=O) groups excluding carboxylic acids is 1. The van der Waals surface area contributed by atoms with Crippen LogP contribution in [0, 0.1) is 11.8 Å². The van der Waals surface area contributed by atoms with Crippen molar-refractivity contribution < 1.29 is 13.2 Å². The van der Waals surface area contributed by atoms with E-state index in [1.807, 2.05) is 6.92 Å². The van der Waals surface area contributed by atoms with E-state index in [-0.39, 0.29) is 35.9 Å². The zero-order valence-corrected chi connectivity index (χ0v) is 15.5. The van der Waals surface area contributed by atoms with Gasteiger partial charge in [-0.15, -0.1) is 12.4 Å². The fraction of sp³-hybridized carbons (Fsp3) is 0.562. The lowest BCUT2D eigenvalue weighted by molar-refractivity contribution is -0.120. The molecule has 1 fully saturated rings. The highest BCUT2D eigenvalue weighted by Crippen LogP contribution is 2.31. The molecule has 1 aliphatic carbocycles. The van der Waals surface area contributed by atoms with Gasteiger partial charge in [-0.3, -0.25) is 9.52 Å². The van der Waals surface area contributed by atoms with Gasteiger partial charge in [0.2, 0.25) is 15.9 Å². The van der Waals surface area contributed by atoms with Crippen LogP contribution in [0.15, 0.2) is 24.3 Å².